The molecule has 1 N–H and O–H groups in total. The molecule has 1 aliphatic heterocycles. The molecule has 0 aromatic heterocycles. The predicted molar refractivity (Wildman–Crippen MR) is 118 cm³/mol. The second-order valence-corrected chi connectivity index (χ2v) is 8.56. The van der Waals surface area contributed by atoms with Gasteiger partial charge in [-0.3, -0.25) is 24.5 Å². The van der Waals surface area contributed by atoms with E-state index in [0.717, 1.165) is 17.3 Å². The van der Waals surface area contributed by atoms with Gasteiger partial charge in [-0.2, -0.15) is 0 Å². The number of amides is 2. The maximum Gasteiger partial charge on any atom is 0.308 e. The first-order valence-corrected chi connectivity index (χ1v) is 10.7. The Morgan fingerprint density at radius 2 is 1.44 bits per heavy atom. The smallest absolute Gasteiger partial charge is 0.308 e. The summed E-state index contributed by atoms with van der Waals surface area (Å²) in [4.78, 5) is 46.4. The van der Waals surface area contributed by atoms with Crippen molar-refractivity contribution in [1.29, 1.82) is 0 Å². The van der Waals surface area contributed by atoms with Crippen molar-refractivity contribution in [3.8, 4) is 23.0 Å². The molecule has 8 nitrogen and oxygen atoms in total. The number of esters is 2. The Balaban J connectivity index is 1.92. The second kappa shape index (κ2) is 9.44. The topological polar surface area (TPSA) is 108 Å². The number of thioether (sulfide) groups is 1. The van der Waals surface area contributed by atoms with Crippen LogP contribution in [0.25, 0.3) is 0 Å². The molecule has 1 atom stereocenters. The third-order valence-corrected chi connectivity index (χ3v) is 5.94. The van der Waals surface area contributed by atoms with Crippen LogP contribution in [0.4, 0.5) is 4.79 Å². The van der Waals surface area contributed by atoms with Crippen molar-refractivity contribution in [2.75, 3.05) is 0 Å². The highest BCUT2D eigenvalue weighted by atomic mass is 32.2. The summed E-state index contributed by atoms with van der Waals surface area (Å²) in [5.41, 5.74) is 2.65. The fourth-order valence-electron chi connectivity index (χ4n) is 3.31. The van der Waals surface area contributed by atoms with Gasteiger partial charge in [-0.15, -0.1) is 0 Å². The Hall–Kier alpha value is -3.33. The van der Waals surface area contributed by atoms with Crippen LogP contribution in [0.3, 0.4) is 0 Å². The van der Waals surface area contributed by atoms with E-state index in [-0.39, 0.29) is 22.6 Å². The summed E-state index contributed by atoms with van der Waals surface area (Å²) in [6.07, 6.45) is 0.403. The number of hydrogen-bond acceptors (Lipinski definition) is 8. The summed E-state index contributed by atoms with van der Waals surface area (Å²) in [5.74, 6) is 0.0600. The molecule has 0 saturated carbocycles. The number of rotatable bonds is 6. The van der Waals surface area contributed by atoms with Gasteiger partial charge in [0.1, 0.15) is 11.5 Å². The van der Waals surface area contributed by atoms with Crippen molar-refractivity contribution in [3.05, 3.63) is 46.5 Å². The minimum absolute atomic E-state index is 0.255. The molecule has 0 radical (unpaired) electrons. The number of hydrogen-bond donors (Lipinski definition) is 1. The van der Waals surface area contributed by atoms with E-state index < -0.39 is 17.2 Å². The molecule has 1 saturated heterocycles. The van der Waals surface area contributed by atoms with Crippen LogP contribution in [0.15, 0.2) is 24.3 Å². The number of ether oxygens (including phenoxy) is 3. The van der Waals surface area contributed by atoms with Crippen molar-refractivity contribution < 1.29 is 33.4 Å². The van der Waals surface area contributed by atoms with Crippen molar-refractivity contribution in [3.63, 3.8) is 0 Å². The zero-order chi connectivity index (χ0) is 23.6. The lowest BCUT2D eigenvalue weighted by Crippen LogP contribution is -2.25. The zero-order valence-electron chi connectivity index (χ0n) is 18.4. The molecular weight excluding hydrogens is 434 g/mol. The molecule has 0 bridgehead atoms. The number of imide groups is 1. The SMILES string of the molecule is CC(=O)Oc1c(C)c(C)c(OC(C)=O)c(Oc2ccc(CC3SC(=O)NC3=O)cc2)c1C. The Morgan fingerprint density at radius 3 is 1.97 bits per heavy atom. The van der Waals surface area contributed by atoms with Gasteiger partial charge in [0.05, 0.1) is 5.25 Å². The standard InChI is InChI=1S/C23H23NO7S/c1-11-12(2)20(30-15(5)26)21(13(3)19(11)29-14(4)25)31-17-8-6-16(7-9-17)10-18-22(27)24-23(28)32-18/h6-9,18H,10H2,1-5H3,(H,24,27,28). The molecule has 1 heterocycles. The molecule has 1 fully saturated rings. The average molecular weight is 458 g/mol. The lowest BCUT2D eigenvalue weighted by Gasteiger charge is -2.20. The maximum absolute atomic E-state index is 11.8. The highest BCUT2D eigenvalue weighted by molar-refractivity contribution is 8.15. The molecule has 0 spiro atoms. The fourth-order valence-corrected chi connectivity index (χ4v) is 4.16. The first kappa shape index (κ1) is 23.3. The fraction of sp³-hybridized carbons (Fsp3) is 0.304. The monoisotopic (exact) mass is 457 g/mol. The van der Waals surface area contributed by atoms with Gasteiger partial charge < -0.3 is 14.2 Å². The van der Waals surface area contributed by atoms with Crippen LogP contribution in [-0.2, 0) is 20.8 Å². The Bertz CT molecular complexity index is 1110. The van der Waals surface area contributed by atoms with Gasteiger partial charge in [0.15, 0.2) is 11.5 Å². The van der Waals surface area contributed by atoms with Crippen molar-refractivity contribution in [1.82, 2.24) is 5.32 Å². The van der Waals surface area contributed by atoms with Crippen LogP contribution in [-0.4, -0.2) is 28.3 Å². The lowest BCUT2D eigenvalue weighted by molar-refractivity contribution is -0.133. The maximum atomic E-state index is 11.8. The minimum atomic E-state index is -0.505. The highest BCUT2D eigenvalue weighted by Crippen LogP contribution is 2.45. The summed E-state index contributed by atoms with van der Waals surface area (Å²) in [5, 5.41) is 1.47. The van der Waals surface area contributed by atoms with Crippen molar-refractivity contribution in [2.45, 2.75) is 46.3 Å². The van der Waals surface area contributed by atoms with Gasteiger partial charge >= 0.3 is 11.9 Å². The van der Waals surface area contributed by atoms with Crippen molar-refractivity contribution in [2.24, 2.45) is 0 Å². The summed E-state index contributed by atoms with van der Waals surface area (Å²) in [7, 11) is 0. The summed E-state index contributed by atoms with van der Waals surface area (Å²) in [6.45, 7) is 7.85. The molecule has 1 unspecified atom stereocenters. The van der Waals surface area contributed by atoms with E-state index in [1.165, 1.54) is 13.8 Å². The normalized spacial score (nSPS) is 15.3. The third-order valence-electron chi connectivity index (χ3n) is 4.95. The zero-order valence-corrected chi connectivity index (χ0v) is 19.2. The molecule has 2 amide bonds. The summed E-state index contributed by atoms with van der Waals surface area (Å²) >= 11 is 0.973. The number of carbonyl (C=O) groups is 4. The lowest BCUT2D eigenvalue weighted by atomic mass is 10.0. The Morgan fingerprint density at radius 1 is 0.875 bits per heavy atom. The van der Waals surface area contributed by atoms with E-state index >= 15 is 0 Å². The van der Waals surface area contributed by atoms with Gasteiger partial charge in [0.25, 0.3) is 5.24 Å². The number of carbonyl (C=O) groups excluding carboxylic acids is 4. The van der Waals surface area contributed by atoms with Gasteiger partial charge in [-0.05, 0) is 50.5 Å². The van der Waals surface area contributed by atoms with Crippen LogP contribution in [0.1, 0.15) is 36.1 Å². The van der Waals surface area contributed by atoms with Crippen LogP contribution < -0.4 is 19.5 Å². The van der Waals surface area contributed by atoms with Crippen molar-refractivity contribution >= 4 is 34.8 Å². The molecule has 1 aliphatic rings. The Labute approximate surface area is 189 Å². The average Bonchev–Trinajstić information content (AvgIpc) is 3.03. The molecule has 2 aromatic rings. The van der Waals surface area contributed by atoms with Crippen LogP contribution >= 0.6 is 11.8 Å². The molecule has 168 valence electrons. The van der Waals surface area contributed by atoms with E-state index in [1.807, 2.05) is 0 Å². The van der Waals surface area contributed by atoms with Crippen LogP contribution in [0.2, 0.25) is 0 Å². The largest absolute Gasteiger partial charge is 0.453 e. The van der Waals surface area contributed by atoms with Crippen LogP contribution in [0.5, 0.6) is 23.0 Å². The van der Waals surface area contributed by atoms with Crippen LogP contribution in [0, 0.1) is 20.8 Å². The first-order chi connectivity index (χ1) is 15.1. The number of benzene rings is 2. The minimum Gasteiger partial charge on any atom is -0.453 e. The highest BCUT2D eigenvalue weighted by Gasteiger charge is 2.31. The first-order valence-electron chi connectivity index (χ1n) is 9.85. The summed E-state index contributed by atoms with van der Waals surface area (Å²) < 4.78 is 16.9. The molecule has 0 aliphatic carbocycles. The third kappa shape index (κ3) is 5.11. The molecule has 3 rings (SSSR count). The van der Waals surface area contributed by atoms with Gasteiger partial charge in [0.2, 0.25) is 5.91 Å². The van der Waals surface area contributed by atoms with E-state index in [4.69, 9.17) is 14.2 Å². The van der Waals surface area contributed by atoms with Gasteiger partial charge in [-0.25, -0.2) is 0 Å². The van der Waals surface area contributed by atoms with E-state index in [1.54, 1.807) is 45.0 Å². The Kier molecular flexibility index (Phi) is 6.88. The van der Waals surface area contributed by atoms with E-state index in [9.17, 15) is 19.2 Å². The molecule has 9 heteroatoms. The molecule has 2 aromatic carbocycles. The van der Waals surface area contributed by atoms with Gasteiger partial charge in [-0.1, -0.05) is 23.9 Å². The number of nitrogens with one attached hydrogen (secondary N) is 1. The predicted octanol–water partition coefficient (Wildman–Crippen LogP) is 4.15. The second-order valence-electron chi connectivity index (χ2n) is 7.38. The molecule has 32 heavy (non-hydrogen) atoms. The quantitative estimate of drug-likeness (QED) is 0.509. The molecular formula is C23H23NO7S. The summed E-state index contributed by atoms with van der Waals surface area (Å²) in [6, 6.07) is 7.01. The van der Waals surface area contributed by atoms with E-state index in [2.05, 4.69) is 5.32 Å². The van der Waals surface area contributed by atoms with E-state index in [0.29, 0.717) is 34.6 Å². The van der Waals surface area contributed by atoms with Gasteiger partial charge in [0, 0.05) is 25.0 Å².